The standard InChI is InChI=1S/C13H17ClN2O2/c1-8-13(9-3-2-4-10(14)7-9)11(16-15-8)5-6-12(17)18/h2-4,7-8,11,13,15-16H,5-6H2,1H3,(H,17,18). The molecule has 0 aromatic heterocycles. The molecule has 3 N–H and O–H groups in total. The third-order valence-electron chi connectivity index (χ3n) is 3.37. The number of carboxylic acid groups (broad SMARTS) is 1. The highest BCUT2D eigenvalue weighted by Gasteiger charge is 2.34. The minimum atomic E-state index is -0.763. The van der Waals surface area contributed by atoms with E-state index in [9.17, 15) is 4.79 Å². The summed E-state index contributed by atoms with van der Waals surface area (Å²) in [7, 11) is 0. The summed E-state index contributed by atoms with van der Waals surface area (Å²) >= 11 is 6.01. The van der Waals surface area contributed by atoms with E-state index in [4.69, 9.17) is 16.7 Å². The average Bonchev–Trinajstić information content (AvgIpc) is 2.68. The van der Waals surface area contributed by atoms with E-state index in [0.717, 1.165) is 5.56 Å². The normalized spacial score (nSPS) is 27.3. The van der Waals surface area contributed by atoms with Crippen molar-refractivity contribution in [2.45, 2.75) is 37.8 Å². The van der Waals surface area contributed by atoms with E-state index in [-0.39, 0.29) is 24.4 Å². The zero-order valence-corrected chi connectivity index (χ0v) is 10.9. The predicted octanol–water partition coefficient (Wildman–Crippen LogP) is 2.15. The molecule has 98 valence electrons. The van der Waals surface area contributed by atoms with Gasteiger partial charge in [-0.2, -0.15) is 0 Å². The monoisotopic (exact) mass is 268 g/mol. The van der Waals surface area contributed by atoms with Gasteiger partial charge in [-0.1, -0.05) is 23.7 Å². The third-order valence-corrected chi connectivity index (χ3v) is 3.61. The largest absolute Gasteiger partial charge is 0.481 e. The van der Waals surface area contributed by atoms with Crippen LogP contribution >= 0.6 is 11.6 Å². The van der Waals surface area contributed by atoms with E-state index in [1.165, 1.54) is 0 Å². The molecule has 1 aliphatic rings. The molecule has 0 bridgehead atoms. The maximum absolute atomic E-state index is 10.7. The minimum absolute atomic E-state index is 0.120. The van der Waals surface area contributed by atoms with Crippen LogP contribution in [0.25, 0.3) is 0 Å². The number of carbonyl (C=O) groups is 1. The Morgan fingerprint density at radius 1 is 1.44 bits per heavy atom. The van der Waals surface area contributed by atoms with Crippen LogP contribution in [0.4, 0.5) is 0 Å². The quantitative estimate of drug-likeness (QED) is 0.783. The first kappa shape index (κ1) is 13.3. The molecule has 1 aromatic rings. The molecular weight excluding hydrogens is 252 g/mol. The Bertz CT molecular complexity index is 439. The lowest BCUT2D eigenvalue weighted by Gasteiger charge is -2.21. The van der Waals surface area contributed by atoms with Crippen molar-refractivity contribution in [1.82, 2.24) is 10.9 Å². The highest BCUT2D eigenvalue weighted by atomic mass is 35.5. The SMILES string of the molecule is CC1NNC(CCC(=O)O)C1c1cccc(Cl)c1. The van der Waals surface area contributed by atoms with Gasteiger partial charge in [-0.15, -0.1) is 0 Å². The van der Waals surface area contributed by atoms with Gasteiger partial charge in [0.15, 0.2) is 0 Å². The number of hydrazine groups is 1. The fourth-order valence-corrected chi connectivity index (χ4v) is 2.73. The molecule has 3 unspecified atom stereocenters. The average molecular weight is 269 g/mol. The van der Waals surface area contributed by atoms with Crippen LogP contribution in [0.3, 0.4) is 0 Å². The number of benzene rings is 1. The third kappa shape index (κ3) is 3.02. The molecule has 0 spiro atoms. The van der Waals surface area contributed by atoms with Gasteiger partial charge in [-0.25, -0.2) is 0 Å². The molecule has 1 heterocycles. The Kier molecular flexibility index (Phi) is 4.22. The van der Waals surface area contributed by atoms with Crippen molar-refractivity contribution < 1.29 is 9.90 Å². The van der Waals surface area contributed by atoms with Gasteiger partial charge < -0.3 is 5.11 Å². The summed E-state index contributed by atoms with van der Waals surface area (Å²) in [4.78, 5) is 10.7. The first-order valence-corrected chi connectivity index (χ1v) is 6.44. The number of rotatable bonds is 4. The summed E-state index contributed by atoms with van der Waals surface area (Å²) in [6, 6.07) is 8.13. The second kappa shape index (κ2) is 5.69. The lowest BCUT2D eigenvalue weighted by Crippen LogP contribution is -2.32. The Morgan fingerprint density at radius 2 is 2.22 bits per heavy atom. The predicted molar refractivity (Wildman–Crippen MR) is 70.6 cm³/mol. The summed E-state index contributed by atoms with van der Waals surface area (Å²) in [5.74, 6) is -0.524. The van der Waals surface area contributed by atoms with Crippen molar-refractivity contribution in [2.24, 2.45) is 0 Å². The number of hydrogen-bond acceptors (Lipinski definition) is 3. The van der Waals surface area contributed by atoms with Gasteiger partial charge >= 0.3 is 5.97 Å². The fraction of sp³-hybridized carbons (Fsp3) is 0.462. The van der Waals surface area contributed by atoms with Crippen LogP contribution in [0, 0.1) is 0 Å². The van der Waals surface area contributed by atoms with Crippen LogP contribution in [-0.4, -0.2) is 23.2 Å². The zero-order chi connectivity index (χ0) is 13.1. The van der Waals surface area contributed by atoms with E-state index in [0.29, 0.717) is 11.4 Å². The van der Waals surface area contributed by atoms with Crippen molar-refractivity contribution >= 4 is 17.6 Å². The number of halogens is 1. The second-order valence-electron chi connectivity index (χ2n) is 4.70. The molecule has 0 saturated carbocycles. The Hall–Kier alpha value is -1.10. The Balaban J connectivity index is 2.14. The molecule has 18 heavy (non-hydrogen) atoms. The molecule has 0 radical (unpaired) electrons. The molecule has 5 heteroatoms. The summed E-state index contributed by atoms with van der Waals surface area (Å²) in [5, 5.41) is 9.48. The van der Waals surface area contributed by atoms with Crippen molar-refractivity contribution in [2.75, 3.05) is 0 Å². The van der Waals surface area contributed by atoms with Gasteiger partial charge in [0.2, 0.25) is 0 Å². The molecule has 0 aliphatic carbocycles. The zero-order valence-electron chi connectivity index (χ0n) is 10.2. The second-order valence-corrected chi connectivity index (χ2v) is 5.13. The van der Waals surface area contributed by atoms with Gasteiger partial charge in [-0.3, -0.25) is 15.6 Å². The van der Waals surface area contributed by atoms with E-state index < -0.39 is 5.97 Å². The molecule has 1 aliphatic heterocycles. The highest BCUT2D eigenvalue weighted by molar-refractivity contribution is 6.30. The van der Waals surface area contributed by atoms with Crippen LogP contribution in [0.5, 0.6) is 0 Å². The van der Waals surface area contributed by atoms with Gasteiger partial charge in [0.25, 0.3) is 0 Å². The highest BCUT2D eigenvalue weighted by Crippen LogP contribution is 2.30. The van der Waals surface area contributed by atoms with Crippen LogP contribution in [0.2, 0.25) is 5.02 Å². The van der Waals surface area contributed by atoms with Crippen molar-refractivity contribution in [3.05, 3.63) is 34.9 Å². The van der Waals surface area contributed by atoms with Crippen molar-refractivity contribution in [3.8, 4) is 0 Å². The molecule has 3 atom stereocenters. The number of nitrogens with one attached hydrogen (secondary N) is 2. The first-order chi connectivity index (χ1) is 8.58. The summed E-state index contributed by atoms with van der Waals surface area (Å²) in [5.41, 5.74) is 7.49. The van der Waals surface area contributed by atoms with Crippen LogP contribution in [-0.2, 0) is 4.79 Å². The van der Waals surface area contributed by atoms with Crippen LogP contribution < -0.4 is 10.9 Å². The molecule has 1 saturated heterocycles. The van der Waals surface area contributed by atoms with Crippen molar-refractivity contribution in [1.29, 1.82) is 0 Å². The topological polar surface area (TPSA) is 61.4 Å². The van der Waals surface area contributed by atoms with E-state index in [2.05, 4.69) is 17.8 Å². The maximum Gasteiger partial charge on any atom is 0.303 e. The Morgan fingerprint density at radius 3 is 2.89 bits per heavy atom. The van der Waals surface area contributed by atoms with Gasteiger partial charge in [-0.05, 0) is 31.0 Å². The number of carboxylic acids is 1. The Labute approximate surface area is 111 Å². The number of hydrogen-bond donors (Lipinski definition) is 3. The van der Waals surface area contributed by atoms with E-state index >= 15 is 0 Å². The van der Waals surface area contributed by atoms with Gasteiger partial charge in [0.05, 0.1) is 0 Å². The van der Waals surface area contributed by atoms with E-state index in [1.54, 1.807) is 0 Å². The molecule has 0 amide bonds. The summed E-state index contributed by atoms with van der Waals surface area (Å²) < 4.78 is 0. The minimum Gasteiger partial charge on any atom is -0.481 e. The summed E-state index contributed by atoms with van der Waals surface area (Å²) in [6.45, 7) is 2.08. The van der Waals surface area contributed by atoms with Gasteiger partial charge in [0.1, 0.15) is 0 Å². The van der Waals surface area contributed by atoms with Crippen molar-refractivity contribution in [3.63, 3.8) is 0 Å². The lowest BCUT2D eigenvalue weighted by molar-refractivity contribution is -0.137. The maximum atomic E-state index is 10.7. The molecule has 1 aromatic carbocycles. The molecular formula is C13H17ClN2O2. The smallest absolute Gasteiger partial charge is 0.303 e. The fourth-order valence-electron chi connectivity index (χ4n) is 2.53. The molecule has 1 fully saturated rings. The number of aliphatic carboxylic acids is 1. The molecule has 2 rings (SSSR count). The molecule has 4 nitrogen and oxygen atoms in total. The van der Waals surface area contributed by atoms with Gasteiger partial charge in [0, 0.05) is 29.4 Å². The summed E-state index contributed by atoms with van der Waals surface area (Å²) in [6.07, 6.45) is 0.771. The van der Waals surface area contributed by atoms with Crippen LogP contribution in [0.15, 0.2) is 24.3 Å². The van der Waals surface area contributed by atoms with Crippen LogP contribution in [0.1, 0.15) is 31.2 Å². The van der Waals surface area contributed by atoms with E-state index in [1.807, 2.05) is 24.3 Å². The lowest BCUT2D eigenvalue weighted by atomic mass is 9.86. The first-order valence-electron chi connectivity index (χ1n) is 6.06.